The lowest BCUT2D eigenvalue weighted by atomic mass is 10.2. The minimum atomic E-state index is 1.17. The Morgan fingerprint density at radius 2 is 1.86 bits per heavy atom. The van der Waals surface area contributed by atoms with Crippen LogP contribution in [0.15, 0.2) is 40.3 Å². The van der Waals surface area contributed by atoms with Crippen LogP contribution in [-0.4, -0.2) is 5.75 Å². The lowest BCUT2D eigenvalue weighted by Crippen LogP contribution is -1.81. The SMILES string of the molecule is CC(CSc1ccc(C)cc1)=C1CC1. The van der Waals surface area contributed by atoms with Crippen LogP contribution in [0, 0.1) is 6.92 Å². The van der Waals surface area contributed by atoms with E-state index >= 15 is 0 Å². The number of allylic oxidation sites excluding steroid dienone is 1. The molecule has 0 aromatic heterocycles. The van der Waals surface area contributed by atoms with Gasteiger partial charge in [0.25, 0.3) is 0 Å². The molecule has 0 aliphatic heterocycles. The molecule has 1 aliphatic rings. The molecule has 0 bridgehead atoms. The van der Waals surface area contributed by atoms with Gasteiger partial charge in [0.1, 0.15) is 0 Å². The third kappa shape index (κ3) is 2.65. The van der Waals surface area contributed by atoms with E-state index in [9.17, 15) is 0 Å². The minimum absolute atomic E-state index is 1.17. The molecular formula is C13H16S. The molecule has 1 heteroatoms. The van der Waals surface area contributed by atoms with E-state index in [2.05, 4.69) is 38.1 Å². The van der Waals surface area contributed by atoms with E-state index in [1.54, 1.807) is 11.1 Å². The summed E-state index contributed by atoms with van der Waals surface area (Å²) in [4.78, 5) is 1.39. The van der Waals surface area contributed by atoms with Crippen LogP contribution in [0.5, 0.6) is 0 Å². The van der Waals surface area contributed by atoms with Crippen molar-refractivity contribution in [1.82, 2.24) is 0 Å². The summed E-state index contributed by atoms with van der Waals surface area (Å²) in [6, 6.07) is 8.79. The molecule has 0 spiro atoms. The average Bonchev–Trinajstić information content (AvgIpc) is 3.00. The zero-order chi connectivity index (χ0) is 9.97. The molecule has 1 saturated carbocycles. The Bertz CT molecular complexity index is 340. The summed E-state index contributed by atoms with van der Waals surface area (Å²) in [7, 11) is 0. The van der Waals surface area contributed by atoms with Crippen LogP contribution in [0.2, 0.25) is 0 Å². The summed E-state index contributed by atoms with van der Waals surface area (Å²) in [5.74, 6) is 1.17. The topological polar surface area (TPSA) is 0 Å². The molecule has 0 nitrogen and oxygen atoms in total. The van der Waals surface area contributed by atoms with Crippen LogP contribution in [0.3, 0.4) is 0 Å². The molecule has 0 heterocycles. The minimum Gasteiger partial charge on any atom is -0.122 e. The largest absolute Gasteiger partial charge is 0.122 e. The van der Waals surface area contributed by atoms with Crippen molar-refractivity contribution in [1.29, 1.82) is 0 Å². The predicted octanol–water partition coefficient (Wildman–Crippen LogP) is 4.20. The second-order valence-corrected chi connectivity index (χ2v) is 5.03. The van der Waals surface area contributed by atoms with Gasteiger partial charge in [0.2, 0.25) is 0 Å². The molecule has 0 atom stereocenters. The number of aryl methyl sites for hydroxylation is 1. The average molecular weight is 204 g/mol. The molecule has 1 fully saturated rings. The van der Waals surface area contributed by atoms with Crippen LogP contribution >= 0.6 is 11.8 Å². The molecule has 1 aliphatic carbocycles. The maximum Gasteiger partial charge on any atom is 0.0190 e. The molecule has 14 heavy (non-hydrogen) atoms. The van der Waals surface area contributed by atoms with E-state index in [0.29, 0.717) is 0 Å². The van der Waals surface area contributed by atoms with Gasteiger partial charge in [0.15, 0.2) is 0 Å². The van der Waals surface area contributed by atoms with Gasteiger partial charge in [0.05, 0.1) is 0 Å². The van der Waals surface area contributed by atoms with Gasteiger partial charge >= 0.3 is 0 Å². The zero-order valence-corrected chi connectivity index (χ0v) is 9.66. The van der Waals surface area contributed by atoms with Gasteiger partial charge < -0.3 is 0 Å². The molecule has 74 valence electrons. The second-order valence-electron chi connectivity index (χ2n) is 3.99. The molecule has 0 unspecified atom stereocenters. The van der Waals surface area contributed by atoms with Crippen molar-refractivity contribution >= 4 is 11.8 Å². The summed E-state index contributed by atoms with van der Waals surface area (Å²) >= 11 is 1.95. The lowest BCUT2D eigenvalue weighted by Gasteiger charge is -2.02. The highest BCUT2D eigenvalue weighted by Crippen LogP contribution is 2.33. The Balaban J connectivity index is 1.92. The van der Waals surface area contributed by atoms with Crippen LogP contribution in [0.1, 0.15) is 25.3 Å². The van der Waals surface area contributed by atoms with Gasteiger partial charge in [-0.1, -0.05) is 28.8 Å². The lowest BCUT2D eigenvalue weighted by molar-refractivity contribution is 1.34. The molecule has 0 radical (unpaired) electrons. The first-order valence-electron chi connectivity index (χ1n) is 5.12. The van der Waals surface area contributed by atoms with Crippen LogP contribution in [0.4, 0.5) is 0 Å². The monoisotopic (exact) mass is 204 g/mol. The van der Waals surface area contributed by atoms with Crippen molar-refractivity contribution in [3.8, 4) is 0 Å². The number of rotatable bonds is 3. The number of hydrogen-bond donors (Lipinski definition) is 0. The Kier molecular flexibility index (Phi) is 2.97. The van der Waals surface area contributed by atoms with E-state index in [4.69, 9.17) is 0 Å². The fourth-order valence-corrected chi connectivity index (χ4v) is 2.33. The summed E-state index contributed by atoms with van der Waals surface area (Å²) < 4.78 is 0. The first-order valence-corrected chi connectivity index (χ1v) is 6.11. The molecular weight excluding hydrogens is 188 g/mol. The van der Waals surface area contributed by atoms with Gasteiger partial charge in [-0.2, -0.15) is 0 Å². The van der Waals surface area contributed by atoms with E-state index < -0.39 is 0 Å². The highest BCUT2D eigenvalue weighted by Gasteiger charge is 2.14. The Morgan fingerprint density at radius 1 is 1.21 bits per heavy atom. The standard InChI is InChI=1S/C13H16S/c1-10-3-7-13(8-4-10)14-9-11(2)12-5-6-12/h3-4,7-8H,5-6,9H2,1-2H3. The van der Waals surface area contributed by atoms with Gasteiger partial charge in [-0.3, -0.25) is 0 Å². The Hall–Kier alpha value is -0.690. The quantitative estimate of drug-likeness (QED) is 0.525. The van der Waals surface area contributed by atoms with Crippen LogP contribution in [0.25, 0.3) is 0 Å². The fraction of sp³-hybridized carbons (Fsp3) is 0.385. The highest BCUT2D eigenvalue weighted by molar-refractivity contribution is 7.99. The Labute approximate surface area is 90.4 Å². The first kappa shape index (κ1) is 9.85. The summed E-state index contributed by atoms with van der Waals surface area (Å²) in [5, 5.41) is 0. The van der Waals surface area contributed by atoms with Crippen molar-refractivity contribution < 1.29 is 0 Å². The summed E-state index contributed by atoms with van der Waals surface area (Å²) in [6.07, 6.45) is 2.70. The van der Waals surface area contributed by atoms with Crippen LogP contribution in [-0.2, 0) is 0 Å². The third-order valence-corrected chi connectivity index (χ3v) is 3.76. The second kappa shape index (κ2) is 4.22. The summed E-state index contributed by atoms with van der Waals surface area (Å²) in [6.45, 7) is 4.40. The van der Waals surface area contributed by atoms with Crippen molar-refractivity contribution in [2.75, 3.05) is 5.75 Å². The molecule has 2 rings (SSSR count). The normalized spacial score (nSPS) is 14.3. The number of benzene rings is 1. The van der Waals surface area contributed by atoms with E-state index in [1.807, 2.05) is 11.8 Å². The van der Waals surface area contributed by atoms with Crippen molar-refractivity contribution in [2.45, 2.75) is 31.6 Å². The molecule has 0 amide bonds. The third-order valence-electron chi connectivity index (χ3n) is 2.58. The van der Waals surface area contributed by atoms with E-state index in [0.717, 1.165) is 0 Å². The van der Waals surface area contributed by atoms with Gasteiger partial charge in [-0.25, -0.2) is 0 Å². The van der Waals surface area contributed by atoms with Gasteiger partial charge in [0, 0.05) is 10.6 Å². The van der Waals surface area contributed by atoms with E-state index in [-0.39, 0.29) is 0 Å². The van der Waals surface area contributed by atoms with Crippen molar-refractivity contribution in [3.63, 3.8) is 0 Å². The Morgan fingerprint density at radius 3 is 2.43 bits per heavy atom. The summed E-state index contributed by atoms with van der Waals surface area (Å²) in [5.41, 5.74) is 4.62. The highest BCUT2D eigenvalue weighted by atomic mass is 32.2. The predicted molar refractivity (Wildman–Crippen MR) is 63.8 cm³/mol. The van der Waals surface area contributed by atoms with Crippen molar-refractivity contribution in [2.24, 2.45) is 0 Å². The van der Waals surface area contributed by atoms with Crippen LogP contribution < -0.4 is 0 Å². The molecule has 1 aromatic rings. The maximum atomic E-state index is 2.27. The fourth-order valence-electron chi connectivity index (χ4n) is 1.42. The van der Waals surface area contributed by atoms with E-state index in [1.165, 1.54) is 29.1 Å². The molecule has 1 aromatic carbocycles. The number of thioether (sulfide) groups is 1. The number of hydrogen-bond acceptors (Lipinski definition) is 1. The van der Waals surface area contributed by atoms with Gasteiger partial charge in [-0.05, 0) is 38.8 Å². The first-order chi connectivity index (χ1) is 6.75. The van der Waals surface area contributed by atoms with Crippen molar-refractivity contribution in [3.05, 3.63) is 41.0 Å². The molecule has 0 N–H and O–H groups in total. The van der Waals surface area contributed by atoms with Gasteiger partial charge in [-0.15, -0.1) is 11.8 Å². The molecule has 0 saturated heterocycles. The maximum absolute atomic E-state index is 2.27. The zero-order valence-electron chi connectivity index (χ0n) is 8.84. The smallest absolute Gasteiger partial charge is 0.0190 e.